The number of likely N-dealkylation sites (tertiary alicyclic amines) is 1. The summed E-state index contributed by atoms with van der Waals surface area (Å²) in [6.07, 6.45) is 1.98. The number of piperidine rings is 1. The molecule has 1 saturated heterocycles. The van der Waals surface area contributed by atoms with Crippen LogP contribution in [0.25, 0.3) is 0 Å². The van der Waals surface area contributed by atoms with E-state index in [1.54, 1.807) is 0 Å². The summed E-state index contributed by atoms with van der Waals surface area (Å²) in [7, 11) is 1.92. The number of nitrogens with one attached hydrogen (secondary N) is 1. The Bertz CT molecular complexity index is 746. The van der Waals surface area contributed by atoms with Crippen LogP contribution in [0.2, 0.25) is 0 Å². The molecule has 0 aromatic heterocycles. The fourth-order valence-electron chi connectivity index (χ4n) is 4.01. The first-order valence-corrected chi connectivity index (χ1v) is 9.96. The number of hydrogen-bond acceptors (Lipinski definition) is 2. The van der Waals surface area contributed by atoms with Crippen molar-refractivity contribution in [3.05, 3.63) is 65.7 Å². The standard InChI is InChI=1S/C23H31N3O/c1-4-19-11-8-12-21(15-19)24-23(27)25(3)22-13-14-26(16-18(22)2)17-20-9-6-5-7-10-20/h5-12,15,18,22H,4,13-14,16-17H2,1-3H3,(H,24,27)/t18-,22+/m1/s1. The van der Waals surface area contributed by atoms with Gasteiger partial charge in [0, 0.05) is 38.4 Å². The molecule has 1 aliphatic heterocycles. The number of carbonyl (C=O) groups is 1. The van der Waals surface area contributed by atoms with E-state index in [9.17, 15) is 4.79 Å². The molecule has 0 aliphatic carbocycles. The smallest absolute Gasteiger partial charge is 0.321 e. The van der Waals surface area contributed by atoms with Gasteiger partial charge in [-0.25, -0.2) is 4.79 Å². The number of amides is 2. The molecule has 2 atom stereocenters. The van der Waals surface area contributed by atoms with Crippen molar-refractivity contribution >= 4 is 11.7 Å². The van der Waals surface area contributed by atoms with Crippen LogP contribution in [0.15, 0.2) is 54.6 Å². The minimum absolute atomic E-state index is 0.0170. The molecule has 4 heteroatoms. The molecular formula is C23H31N3O. The average Bonchev–Trinajstić information content (AvgIpc) is 2.68. The SMILES string of the molecule is CCc1cccc(NC(=O)N(C)[C@H]2CCN(Cc3ccccc3)C[C@H]2C)c1. The maximum absolute atomic E-state index is 12.7. The summed E-state index contributed by atoms with van der Waals surface area (Å²) < 4.78 is 0. The molecule has 144 valence electrons. The van der Waals surface area contributed by atoms with Gasteiger partial charge < -0.3 is 10.2 Å². The first-order chi connectivity index (χ1) is 13.1. The van der Waals surface area contributed by atoms with Gasteiger partial charge in [0.1, 0.15) is 0 Å². The molecule has 27 heavy (non-hydrogen) atoms. The summed E-state index contributed by atoms with van der Waals surface area (Å²) in [4.78, 5) is 17.1. The van der Waals surface area contributed by atoms with Gasteiger partial charge in [-0.1, -0.05) is 56.3 Å². The average molecular weight is 366 g/mol. The molecule has 0 spiro atoms. The lowest BCUT2D eigenvalue weighted by atomic mass is 9.92. The summed E-state index contributed by atoms with van der Waals surface area (Å²) >= 11 is 0. The molecule has 1 fully saturated rings. The van der Waals surface area contributed by atoms with E-state index >= 15 is 0 Å². The van der Waals surface area contributed by atoms with Crippen molar-refractivity contribution in [3.8, 4) is 0 Å². The summed E-state index contributed by atoms with van der Waals surface area (Å²) in [5.74, 6) is 0.445. The van der Waals surface area contributed by atoms with Crippen molar-refractivity contribution in [2.45, 2.75) is 39.3 Å². The zero-order chi connectivity index (χ0) is 19.2. The van der Waals surface area contributed by atoms with E-state index in [0.29, 0.717) is 5.92 Å². The van der Waals surface area contributed by atoms with Gasteiger partial charge in [-0.15, -0.1) is 0 Å². The Morgan fingerprint density at radius 3 is 2.59 bits per heavy atom. The fraction of sp³-hybridized carbons (Fsp3) is 0.435. The normalized spacial score (nSPS) is 20.3. The Morgan fingerprint density at radius 1 is 1.15 bits per heavy atom. The second-order valence-electron chi connectivity index (χ2n) is 7.65. The fourth-order valence-corrected chi connectivity index (χ4v) is 4.01. The van der Waals surface area contributed by atoms with Crippen molar-refractivity contribution in [2.24, 2.45) is 5.92 Å². The topological polar surface area (TPSA) is 35.6 Å². The molecule has 0 radical (unpaired) electrons. The second-order valence-corrected chi connectivity index (χ2v) is 7.65. The molecule has 2 amide bonds. The summed E-state index contributed by atoms with van der Waals surface area (Å²) in [5.41, 5.74) is 3.46. The van der Waals surface area contributed by atoms with Gasteiger partial charge in [-0.05, 0) is 42.0 Å². The molecule has 2 aromatic rings. The second kappa shape index (κ2) is 9.05. The number of anilines is 1. The van der Waals surface area contributed by atoms with Crippen molar-refractivity contribution in [3.63, 3.8) is 0 Å². The molecule has 4 nitrogen and oxygen atoms in total. The van der Waals surface area contributed by atoms with Crippen LogP contribution in [-0.4, -0.2) is 42.0 Å². The Hall–Kier alpha value is -2.33. The highest BCUT2D eigenvalue weighted by atomic mass is 16.2. The van der Waals surface area contributed by atoms with Gasteiger partial charge >= 0.3 is 6.03 Å². The number of aryl methyl sites for hydroxylation is 1. The van der Waals surface area contributed by atoms with E-state index in [4.69, 9.17) is 0 Å². The van der Waals surface area contributed by atoms with Crippen LogP contribution in [0.5, 0.6) is 0 Å². The van der Waals surface area contributed by atoms with Crippen LogP contribution >= 0.6 is 0 Å². The van der Waals surface area contributed by atoms with E-state index in [-0.39, 0.29) is 12.1 Å². The number of rotatable bonds is 5. The quantitative estimate of drug-likeness (QED) is 0.839. The number of hydrogen-bond donors (Lipinski definition) is 1. The lowest BCUT2D eigenvalue weighted by Gasteiger charge is -2.41. The highest BCUT2D eigenvalue weighted by Crippen LogP contribution is 2.23. The third-order valence-electron chi connectivity index (χ3n) is 5.60. The van der Waals surface area contributed by atoms with Gasteiger partial charge in [0.15, 0.2) is 0 Å². The van der Waals surface area contributed by atoms with Crippen LogP contribution in [0.4, 0.5) is 10.5 Å². The molecule has 1 heterocycles. The van der Waals surface area contributed by atoms with E-state index < -0.39 is 0 Å². The highest BCUT2D eigenvalue weighted by molar-refractivity contribution is 5.89. The maximum atomic E-state index is 12.7. The van der Waals surface area contributed by atoms with Gasteiger partial charge in [0.05, 0.1) is 0 Å². The molecule has 0 bridgehead atoms. The maximum Gasteiger partial charge on any atom is 0.321 e. The van der Waals surface area contributed by atoms with E-state index in [1.165, 1.54) is 11.1 Å². The summed E-state index contributed by atoms with van der Waals surface area (Å²) in [6.45, 7) is 7.40. The van der Waals surface area contributed by atoms with E-state index in [1.807, 2.05) is 24.1 Å². The lowest BCUT2D eigenvalue weighted by molar-refractivity contribution is 0.0933. The van der Waals surface area contributed by atoms with E-state index in [0.717, 1.165) is 38.2 Å². The number of nitrogens with zero attached hydrogens (tertiary/aromatic N) is 2. The van der Waals surface area contributed by atoms with Gasteiger partial charge in [0.2, 0.25) is 0 Å². The molecule has 3 rings (SSSR count). The Labute approximate surface area is 163 Å². The molecule has 2 aromatic carbocycles. The monoisotopic (exact) mass is 365 g/mol. The van der Waals surface area contributed by atoms with Gasteiger partial charge in [-0.2, -0.15) is 0 Å². The zero-order valence-electron chi connectivity index (χ0n) is 16.7. The van der Waals surface area contributed by atoms with E-state index in [2.05, 4.69) is 66.5 Å². The minimum Gasteiger partial charge on any atom is -0.324 e. The molecular weight excluding hydrogens is 334 g/mol. The third-order valence-corrected chi connectivity index (χ3v) is 5.60. The van der Waals surface area contributed by atoms with Crippen LogP contribution in [0.3, 0.4) is 0 Å². The first kappa shape index (κ1) is 19.4. The summed E-state index contributed by atoms with van der Waals surface area (Å²) in [5, 5.41) is 3.06. The Balaban J connectivity index is 1.55. The third kappa shape index (κ3) is 5.10. The number of carbonyl (C=O) groups excluding carboxylic acids is 1. The molecule has 0 saturated carbocycles. The van der Waals surface area contributed by atoms with Gasteiger partial charge in [-0.3, -0.25) is 4.90 Å². The Kier molecular flexibility index (Phi) is 6.51. The highest BCUT2D eigenvalue weighted by Gasteiger charge is 2.31. The first-order valence-electron chi connectivity index (χ1n) is 9.96. The minimum atomic E-state index is -0.0170. The number of benzene rings is 2. The van der Waals surface area contributed by atoms with Crippen molar-refractivity contribution in [2.75, 3.05) is 25.5 Å². The molecule has 0 unspecified atom stereocenters. The van der Waals surface area contributed by atoms with Crippen LogP contribution in [0, 0.1) is 5.92 Å². The zero-order valence-corrected chi connectivity index (χ0v) is 16.7. The predicted molar refractivity (Wildman–Crippen MR) is 112 cm³/mol. The Morgan fingerprint density at radius 2 is 1.89 bits per heavy atom. The van der Waals surface area contributed by atoms with Gasteiger partial charge in [0.25, 0.3) is 0 Å². The number of urea groups is 1. The molecule has 1 N–H and O–H groups in total. The van der Waals surface area contributed by atoms with Crippen LogP contribution < -0.4 is 5.32 Å². The van der Waals surface area contributed by atoms with Crippen LogP contribution in [-0.2, 0) is 13.0 Å². The van der Waals surface area contributed by atoms with Crippen molar-refractivity contribution in [1.82, 2.24) is 9.80 Å². The lowest BCUT2D eigenvalue weighted by Crippen LogP contribution is -2.51. The van der Waals surface area contributed by atoms with Crippen molar-refractivity contribution in [1.29, 1.82) is 0 Å². The van der Waals surface area contributed by atoms with Crippen LogP contribution in [0.1, 0.15) is 31.4 Å². The largest absolute Gasteiger partial charge is 0.324 e. The summed E-state index contributed by atoms with van der Waals surface area (Å²) in [6, 6.07) is 19.0. The predicted octanol–water partition coefficient (Wildman–Crippen LogP) is 4.62. The molecule has 1 aliphatic rings. The van der Waals surface area contributed by atoms with Crippen molar-refractivity contribution < 1.29 is 4.79 Å².